The first-order valence-corrected chi connectivity index (χ1v) is 10.2. The van der Waals surface area contributed by atoms with Gasteiger partial charge in [0.05, 0.1) is 0 Å². The Morgan fingerprint density at radius 1 is 1.07 bits per heavy atom. The summed E-state index contributed by atoms with van der Waals surface area (Å²) in [7, 11) is 0. The molecule has 6 nitrogen and oxygen atoms in total. The van der Waals surface area contributed by atoms with Crippen molar-refractivity contribution < 1.29 is 9.59 Å². The van der Waals surface area contributed by atoms with Crippen molar-refractivity contribution >= 4 is 34.8 Å². The quantitative estimate of drug-likeness (QED) is 0.519. The molecule has 0 aliphatic carbocycles. The summed E-state index contributed by atoms with van der Waals surface area (Å²) in [5.41, 5.74) is 8.92. The molecular weight excluding hydrogens is 384 g/mol. The maximum absolute atomic E-state index is 12.3. The van der Waals surface area contributed by atoms with E-state index in [1.807, 2.05) is 41.3 Å². The van der Waals surface area contributed by atoms with E-state index in [-0.39, 0.29) is 11.8 Å². The number of nitrogens with zero attached hydrogens (tertiary/aromatic N) is 1. The van der Waals surface area contributed by atoms with E-state index in [1.165, 1.54) is 5.56 Å². The van der Waals surface area contributed by atoms with Crippen LogP contribution in [0.5, 0.6) is 0 Å². The van der Waals surface area contributed by atoms with Crippen LogP contribution in [0, 0.1) is 0 Å². The molecule has 0 spiro atoms. The van der Waals surface area contributed by atoms with Crippen LogP contribution in [0.2, 0.25) is 0 Å². The second kappa shape index (κ2) is 9.52. The second-order valence-electron chi connectivity index (χ2n) is 7.43. The van der Waals surface area contributed by atoms with E-state index >= 15 is 0 Å². The first kappa shape index (κ1) is 20.8. The highest BCUT2D eigenvalue weighted by molar-refractivity contribution is 7.80. The summed E-state index contributed by atoms with van der Waals surface area (Å²) in [5.74, 6) is 0.375. The SMILES string of the molecule is CC(C)c1ccc(NC(=S)NNC(=O)c2ccc(CN3CCCC3=O)cc2)cc1. The number of hydrogen-bond donors (Lipinski definition) is 3. The summed E-state index contributed by atoms with van der Waals surface area (Å²) < 4.78 is 0. The highest BCUT2D eigenvalue weighted by Crippen LogP contribution is 2.17. The largest absolute Gasteiger partial charge is 0.338 e. The molecule has 0 bridgehead atoms. The monoisotopic (exact) mass is 410 g/mol. The first-order chi connectivity index (χ1) is 13.9. The third-order valence-corrected chi connectivity index (χ3v) is 5.09. The molecule has 2 aromatic rings. The van der Waals surface area contributed by atoms with E-state index in [0.717, 1.165) is 24.2 Å². The number of carbonyl (C=O) groups is 2. The number of amides is 2. The van der Waals surface area contributed by atoms with Gasteiger partial charge in [-0.3, -0.25) is 20.4 Å². The van der Waals surface area contributed by atoms with Gasteiger partial charge < -0.3 is 10.2 Å². The second-order valence-corrected chi connectivity index (χ2v) is 7.83. The molecule has 29 heavy (non-hydrogen) atoms. The molecule has 0 unspecified atom stereocenters. The summed E-state index contributed by atoms with van der Waals surface area (Å²) in [6, 6.07) is 15.2. The van der Waals surface area contributed by atoms with Crippen molar-refractivity contribution in [2.24, 2.45) is 0 Å². The number of hydrazine groups is 1. The van der Waals surface area contributed by atoms with Crippen LogP contribution in [0.25, 0.3) is 0 Å². The average Bonchev–Trinajstić information content (AvgIpc) is 3.11. The molecule has 7 heteroatoms. The van der Waals surface area contributed by atoms with Gasteiger partial charge in [-0.05, 0) is 59.9 Å². The van der Waals surface area contributed by atoms with Crippen LogP contribution >= 0.6 is 12.2 Å². The van der Waals surface area contributed by atoms with Crippen molar-refractivity contribution in [2.45, 2.75) is 39.2 Å². The van der Waals surface area contributed by atoms with Crippen molar-refractivity contribution in [3.8, 4) is 0 Å². The molecule has 1 aliphatic rings. The van der Waals surface area contributed by atoms with E-state index in [1.54, 1.807) is 12.1 Å². The lowest BCUT2D eigenvalue weighted by Gasteiger charge is -2.16. The molecule has 1 heterocycles. The van der Waals surface area contributed by atoms with Gasteiger partial charge in [0, 0.05) is 30.8 Å². The molecule has 1 fully saturated rings. The Morgan fingerprint density at radius 3 is 2.34 bits per heavy atom. The molecule has 0 saturated carbocycles. The van der Waals surface area contributed by atoms with Crippen molar-refractivity contribution in [1.29, 1.82) is 0 Å². The molecule has 0 radical (unpaired) electrons. The Balaban J connectivity index is 1.47. The fraction of sp³-hybridized carbons (Fsp3) is 0.318. The van der Waals surface area contributed by atoms with Gasteiger partial charge in [0.2, 0.25) is 5.91 Å². The molecule has 1 aliphatic heterocycles. The summed E-state index contributed by atoms with van der Waals surface area (Å²) in [4.78, 5) is 25.9. The van der Waals surface area contributed by atoms with Gasteiger partial charge >= 0.3 is 0 Å². The zero-order chi connectivity index (χ0) is 20.8. The summed E-state index contributed by atoms with van der Waals surface area (Å²) >= 11 is 5.23. The van der Waals surface area contributed by atoms with Crippen LogP contribution in [0.1, 0.15) is 54.1 Å². The van der Waals surface area contributed by atoms with Crippen LogP contribution in [-0.4, -0.2) is 28.4 Å². The first-order valence-electron chi connectivity index (χ1n) is 9.76. The lowest BCUT2D eigenvalue weighted by molar-refractivity contribution is -0.128. The molecule has 2 amide bonds. The number of thiocarbonyl (C=S) groups is 1. The van der Waals surface area contributed by atoms with Crippen LogP contribution < -0.4 is 16.2 Å². The molecule has 0 atom stereocenters. The molecule has 3 N–H and O–H groups in total. The molecule has 3 rings (SSSR count). The zero-order valence-corrected chi connectivity index (χ0v) is 17.5. The third kappa shape index (κ3) is 5.77. The number of likely N-dealkylation sites (tertiary alicyclic amines) is 1. The van der Waals surface area contributed by atoms with E-state index in [2.05, 4.69) is 30.0 Å². The minimum absolute atomic E-state index is 0.191. The highest BCUT2D eigenvalue weighted by atomic mass is 32.1. The third-order valence-electron chi connectivity index (χ3n) is 4.89. The topological polar surface area (TPSA) is 73.5 Å². The minimum Gasteiger partial charge on any atom is -0.338 e. The van der Waals surface area contributed by atoms with Crippen molar-refractivity contribution in [2.75, 3.05) is 11.9 Å². The van der Waals surface area contributed by atoms with E-state index < -0.39 is 0 Å². The van der Waals surface area contributed by atoms with Gasteiger partial charge in [0.15, 0.2) is 5.11 Å². The van der Waals surface area contributed by atoms with E-state index in [4.69, 9.17) is 12.2 Å². The predicted octanol–water partition coefficient (Wildman–Crippen LogP) is 3.56. The Kier molecular flexibility index (Phi) is 6.82. The fourth-order valence-electron chi connectivity index (χ4n) is 3.15. The number of carbonyl (C=O) groups excluding carboxylic acids is 2. The lowest BCUT2D eigenvalue weighted by Crippen LogP contribution is -2.43. The van der Waals surface area contributed by atoms with Gasteiger partial charge in [0.1, 0.15) is 0 Å². The number of benzene rings is 2. The van der Waals surface area contributed by atoms with Crippen molar-refractivity contribution in [3.05, 3.63) is 65.2 Å². The molecule has 1 saturated heterocycles. The smallest absolute Gasteiger partial charge is 0.269 e. The molecule has 2 aromatic carbocycles. The van der Waals surface area contributed by atoms with Crippen LogP contribution in [0.15, 0.2) is 48.5 Å². The van der Waals surface area contributed by atoms with Gasteiger partial charge in [-0.1, -0.05) is 38.1 Å². The van der Waals surface area contributed by atoms with Gasteiger partial charge in [-0.15, -0.1) is 0 Å². The van der Waals surface area contributed by atoms with Crippen LogP contribution in [0.3, 0.4) is 0 Å². The minimum atomic E-state index is -0.284. The maximum atomic E-state index is 12.3. The Labute approximate surface area is 176 Å². The van der Waals surface area contributed by atoms with Gasteiger partial charge in [-0.2, -0.15) is 0 Å². The lowest BCUT2D eigenvalue weighted by atomic mass is 10.0. The van der Waals surface area contributed by atoms with Gasteiger partial charge in [0.25, 0.3) is 5.91 Å². The Hall–Kier alpha value is -2.93. The molecular formula is C22H26N4O2S. The zero-order valence-electron chi connectivity index (χ0n) is 16.7. The average molecular weight is 411 g/mol. The fourth-order valence-corrected chi connectivity index (χ4v) is 3.32. The van der Waals surface area contributed by atoms with E-state index in [0.29, 0.717) is 29.6 Å². The van der Waals surface area contributed by atoms with Crippen molar-refractivity contribution in [1.82, 2.24) is 15.8 Å². The van der Waals surface area contributed by atoms with E-state index in [9.17, 15) is 9.59 Å². The predicted molar refractivity (Wildman–Crippen MR) is 118 cm³/mol. The standard InChI is InChI=1S/C22H26N4O2S/c1-15(2)17-9-11-19(12-10-17)23-22(29)25-24-21(28)18-7-5-16(6-8-18)14-26-13-3-4-20(26)27/h5-12,15H,3-4,13-14H2,1-2H3,(H,24,28)(H2,23,25,29). The number of nitrogens with one attached hydrogen (secondary N) is 3. The van der Waals surface area contributed by atoms with Gasteiger partial charge in [-0.25, -0.2) is 0 Å². The maximum Gasteiger partial charge on any atom is 0.269 e. The summed E-state index contributed by atoms with van der Waals surface area (Å²) in [5, 5.41) is 3.34. The highest BCUT2D eigenvalue weighted by Gasteiger charge is 2.20. The van der Waals surface area contributed by atoms with Crippen LogP contribution in [0.4, 0.5) is 5.69 Å². The Bertz CT molecular complexity index is 879. The molecule has 0 aromatic heterocycles. The summed E-state index contributed by atoms with van der Waals surface area (Å²) in [6.07, 6.45) is 1.54. The van der Waals surface area contributed by atoms with Crippen molar-refractivity contribution in [3.63, 3.8) is 0 Å². The normalized spacial score (nSPS) is 13.5. The van der Waals surface area contributed by atoms with Crippen LogP contribution in [-0.2, 0) is 11.3 Å². The number of anilines is 1. The number of rotatable bonds is 5. The number of hydrogen-bond acceptors (Lipinski definition) is 3. The summed E-state index contributed by atoms with van der Waals surface area (Å²) in [6.45, 7) is 5.67. The Morgan fingerprint density at radius 2 is 1.76 bits per heavy atom. The molecule has 152 valence electrons.